The maximum atomic E-state index is 12.4. The first-order chi connectivity index (χ1) is 10.2. The zero-order valence-electron chi connectivity index (χ0n) is 10.8. The van der Waals surface area contributed by atoms with E-state index in [0.717, 1.165) is 4.90 Å². The van der Waals surface area contributed by atoms with E-state index in [2.05, 4.69) is 0 Å². The number of imide groups is 1. The van der Waals surface area contributed by atoms with Gasteiger partial charge in [-0.2, -0.15) is 0 Å². The lowest BCUT2D eigenvalue weighted by Gasteiger charge is -2.14. The Hall–Kier alpha value is -2.59. The molecule has 0 radical (unpaired) electrons. The molecule has 4 nitrogen and oxygen atoms in total. The quantitative estimate of drug-likeness (QED) is 0.818. The molecule has 2 aromatic rings. The number of halogens is 1. The van der Waals surface area contributed by atoms with Gasteiger partial charge in [-0.3, -0.25) is 9.59 Å². The Morgan fingerprint density at radius 1 is 0.810 bits per heavy atom. The number of anilines is 1. The molecule has 1 heterocycles. The van der Waals surface area contributed by atoms with Crippen molar-refractivity contribution >= 4 is 29.1 Å². The smallest absolute Gasteiger partial charge is 0.302 e. The van der Waals surface area contributed by atoms with Crippen LogP contribution in [0, 0.1) is 0 Å². The van der Waals surface area contributed by atoms with Gasteiger partial charge in [0.15, 0.2) is 5.03 Å². The molecule has 104 valence electrons. The first kappa shape index (κ1) is 13.4. The standard InChI is InChI=1S/C16H10ClNO3/c17-13-14(21-12-9-5-2-6-10-12)16(20)18(15(13)19)11-7-3-1-4-8-11/h1-10H. The molecule has 0 spiro atoms. The number of ether oxygens (including phenoxy) is 1. The number of para-hydroxylation sites is 2. The van der Waals surface area contributed by atoms with Gasteiger partial charge in [0.1, 0.15) is 5.75 Å². The van der Waals surface area contributed by atoms with Gasteiger partial charge in [-0.05, 0) is 24.3 Å². The van der Waals surface area contributed by atoms with E-state index in [4.69, 9.17) is 16.3 Å². The number of hydrogen-bond donors (Lipinski definition) is 0. The summed E-state index contributed by atoms with van der Waals surface area (Å²) in [6, 6.07) is 17.3. The molecule has 0 saturated heterocycles. The number of amides is 2. The predicted molar refractivity (Wildman–Crippen MR) is 78.9 cm³/mol. The van der Waals surface area contributed by atoms with Crippen LogP contribution in [0.25, 0.3) is 0 Å². The SMILES string of the molecule is O=C1C(Cl)=C(Oc2ccccc2)C(=O)N1c1ccccc1. The van der Waals surface area contributed by atoms with E-state index in [1.807, 2.05) is 6.07 Å². The van der Waals surface area contributed by atoms with Crippen molar-refractivity contribution in [2.45, 2.75) is 0 Å². The van der Waals surface area contributed by atoms with E-state index in [0.29, 0.717) is 11.4 Å². The van der Waals surface area contributed by atoms with Gasteiger partial charge in [-0.25, -0.2) is 4.90 Å². The minimum absolute atomic E-state index is 0.156. The zero-order chi connectivity index (χ0) is 14.8. The molecule has 1 aliphatic heterocycles. The highest BCUT2D eigenvalue weighted by molar-refractivity contribution is 6.52. The Bertz CT molecular complexity index is 726. The normalized spacial score (nSPS) is 14.8. The van der Waals surface area contributed by atoms with Crippen molar-refractivity contribution in [2.24, 2.45) is 0 Å². The first-order valence-corrected chi connectivity index (χ1v) is 6.63. The van der Waals surface area contributed by atoms with E-state index in [1.54, 1.807) is 54.6 Å². The van der Waals surface area contributed by atoms with Crippen molar-refractivity contribution in [1.29, 1.82) is 0 Å². The van der Waals surface area contributed by atoms with E-state index in [1.165, 1.54) is 0 Å². The van der Waals surface area contributed by atoms with Crippen molar-refractivity contribution < 1.29 is 14.3 Å². The first-order valence-electron chi connectivity index (χ1n) is 6.25. The van der Waals surface area contributed by atoms with Crippen molar-refractivity contribution in [3.05, 3.63) is 71.5 Å². The molecular formula is C16H10ClNO3. The third kappa shape index (κ3) is 2.41. The fraction of sp³-hybridized carbons (Fsp3) is 0. The topological polar surface area (TPSA) is 46.6 Å². The molecule has 1 aliphatic rings. The minimum Gasteiger partial charge on any atom is -0.450 e. The second-order valence-electron chi connectivity index (χ2n) is 4.34. The number of carbonyl (C=O) groups is 2. The average Bonchev–Trinajstić information content (AvgIpc) is 2.73. The molecule has 0 fully saturated rings. The van der Waals surface area contributed by atoms with E-state index in [-0.39, 0.29) is 10.8 Å². The minimum atomic E-state index is -0.584. The van der Waals surface area contributed by atoms with Gasteiger partial charge in [-0.1, -0.05) is 48.0 Å². The molecule has 0 saturated carbocycles. The van der Waals surface area contributed by atoms with Crippen molar-refractivity contribution in [1.82, 2.24) is 0 Å². The lowest BCUT2D eigenvalue weighted by atomic mass is 10.3. The Kier molecular flexibility index (Phi) is 3.46. The van der Waals surface area contributed by atoms with Crippen molar-refractivity contribution in [3.63, 3.8) is 0 Å². The van der Waals surface area contributed by atoms with E-state index in [9.17, 15) is 9.59 Å². The molecular weight excluding hydrogens is 290 g/mol. The van der Waals surface area contributed by atoms with Crippen LogP contribution in [0.2, 0.25) is 0 Å². The molecule has 0 atom stereocenters. The number of rotatable bonds is 3. The monoisotopic (exact) mass is 299 g/mol. The number of hydrogen-bond acceptors (Lipinski definition) is 3. The summed E-state index contributed by atoms with van der Waals surface area (Å²) >= 11 is 5.96. The molecule has 3 rings (SSSR count). The maximum Gasteiger partial charge on any atom is 0.302 e. The fourth-order valence-corrected chi connectivity index (χ4v) is 2.19. The third-order valence-electron chi connectivity index (χ3n) is 2.97. The molecule has 0 unspecified atom stereocenters. The van der Waals surface area contributed by atoms with Crippen molar-refractivity contribution in [3.8, 4) is 5.75 Å². The number of nitrogens with zero attached hydrogens (tertiary/aromatic N) is 1. The van der Waals surface area contributed by atoms with E-state index >= 15 is 0 Å². The number of benzene rings is 2. The van der Waals surface area contributed by atoms with Gasteiger partial charge in [-0.15, -0.1) is 0 Å². The molecule has 5 heteroatoms. The van der Waals surface area contributed by atoms with Gasteiger partial charge in [0.25, 0.3) is 5.91 Å². The molecule has 21 heavy (non-hydrogen) atoms. The van der Waals surface area contributed by atoms with Crippen LogP contribution in [-0.2, 0) is 9.59 Å². The second-order valence-corrected chi connectivity index (χ2v) is 4.72. The van der Waals surface area contributed by atoms with Crippen LogP contribution in [-0.4, -0.2) is 11.8 Å². The van der Waals surface area contributed by atoms with Gasteiger partial charge >= 0.3 is 5.91 Å². The largest absolute Gasteiger partial charge is 0.450 e. The summed E-state index contributed by atoms with van der Waals surface area (Å²) in [6.45, 7) is 0. The fourth-order valence-electron chi connectivity index (χ4n) is 1.99. The van der Waals surface area contributed by atoms with Gasteiger partial charge in [0, 0.05) is 0 Å². The predicted octanol–water partition coefficient (Wildman–Crippen LogP) is 3.09. The van der Waals surface area contributed by atoms with Gasteiger partial charge in [0.2, 0.25) is 5.76 Å². The van der Waals surface area contributed by atoms with Gasteiger partial charge < -0.3 is 4.74 Å². The highest BCUT2D eigenvalue weighted by atomic mass is 35.5. The number of carbonyl (C=O) groups excluding carboxylic acids is 2. The highest BCUT2D eigenvalue weighted by Crippen LogP contribution is 2.30. The summed E-state index contributed by atoms with van der Waals surface area (Å²) in [5.74, 6) is -0.864. The summed E-state index contributed by atoms with van der Waals surface area (Å²) in [5.41, 5.74) is 0.456. The van der Waals surface area contributed by atoms with Crippen LogP contribution in [0.15, 0.2) is 71.5 Å². The van der Waals surface area contributed by atoms with Crippen LogP contribution in [0.4, 0.5) is 5.69 Å². The van der Waals surface area contributed by atoms with Crippen LogP contribution >= 0.6 is 11.6 Å². The summed E-state index contributed by atoms with van der Waals surface area (Å²) in [6.07, 6.45) is 0. The van der Waals surface area contributed by atoms with Crippen molar-refractivity contribution in [2.75, 3.05) is 4.90 Å². The van der Waals surface area contributed by atoms with Crippen LogP contribution in [0.3, 0.4) is 0 Å². The Morgan fingerprint density at radius 2 is 1.38 bits per heavy atom. The molecule has 0 aliphatic carbocycles. The summed E-state index contributed by atoms with van der Waals surface area (Å²) in [5, 5.41) is -0.215. The molecule has 0 bridgehead atoms. The van der Waals surface area contributed by atoms with Crippen LogP contribution in [0.5, 0.6) is 5.75 Å². The molecule has 2 aromatic carbocycles. The highest BCUT2D eigenvalue weighted by Gasteiger charge is 2.40. The molecule has 2 amide bonds. The average molecular weight is 300 g/mol. The maximum absolute atomic E-state index is 12.4. The Labute approximate surface area is 126 Å². The van der Waals surface area contributed by atoms with Crippen LogP contribution in [0.1, 0.15) is 0 Å². The zero-order valence-corrected chi connectivity index (χ0v) is 11.6. The Morgan fingerprint density at radius 3 is 2.00 bits per heavy atom. The Balaban J connectivity index is 1.92. The van der Waals surface area contributed by atoms with Crippen LogP contribution < -0.4 is 9.64 Å². The van der Waals surface area contributed by atoms with Gasteiger partial charge in [0.05, 0.1) is 5.69 Å². The summed E-state index contributed by atoms with van der Waals surface area (Å²) < 4.78 is 5.46. The molecule has 0 aromatic heterocycles. The summed E-state index contributed by atoms with van der Waals surface area (Å²) in [7, 11) is 0. The lowest BCUT2D eigenvalue weighted by Crippen LogP contribution is -2.31. The molecule has 0 N–H and O–H groups in total. The third-order valence-corrected chi connectivity index (χ3v) is 3.30. The van der Waals surface area contributed by atoms with E-state index < -0.39 is 11.8 Å². The summed E-state index contributed by atoms with van der Waals surface area (Å²) in [4.78, 5) is 25.5. The second kappa shape index (κ2) is 5.42. The lowest BCUT2D eigenvalue weighted by molar-refractivity contribution is -0.121.